The molecule has 0 aliphatic rings. The normalized spacial score (nSPS) is 11.1. The standard InChI is InChI=1S/C22H22N4O2/c1-3-26-15-19(20(25-26)22(28)23-2)24-21(27)18(17-12-8-5-9-13-17)14-16-10-6-4-7-11-16/h4-15H,3H2,1-2H3,(H,23,28)(H,24,27)/b18-14-. The molecular weight excluding hydrogens is 352 g/mol. The maximum absolute atomic E-state index is 13.1. The van der Waals surface area contributed by atoms with Crippen molar-refractivity contribution < 1.29 is 9.59 Å². The Labute approximate surface area is 163 Å². The SMILES string of the molecule is CCn1cc(NC(=O)/C(=C\c2ccccc2)c2ccccc2)c(C(=O)NC)n1. The Bertz CT molecular complexity index is 992. The minimum Gasteiger partial charge on any atom is -0.354 e. The minimum atomic E-state index is -0.351. The van der Waals surface area contributed by atoms with E-state index in [1.165, 1.54) is 7.05 Å². The van der Waals surface area contributed by atoms with Crippen LogP contribution in [0.25, 0.3) is 11.6 Å². The smallest absolute Gasteiger partial charge is 0.273 e. The van der Waals surface area contributed by atoms with Gasteiger partial charge in [-0.05, 0) is 24.1 Å². The van der Waals surface area contributed by atoms with Crippen molar-refractivity contribution in [3.8, 4) is 0 Å². The fourth-order valence-electron chi connectivity index (χ4n) is 2.76. The highest BCUT2D eigenvalue weighted by atomic mass is 16.2. The molecule has 2 amide bonds. The molecule has 1 heterocycles. The van der Waals surface area contributed by atoms with Crippen molar-refractivity contribution in [1.82, 2.24) is 15.1 Å². The van der Waals surface area contributed by atoms with E-state index in [4.69, 9.17) is 0 Å². The van der Waals surface area contributed by atoms with Crippen molar-refractivity contribution in [2.45, 2.75) is 13.5 Å². The fraction of sp³-hybridized carbons (Fsp3) is 0.136. The van der Waals surface area contributed by atoms with E-state index in [0.29, 0.717) is 17.8 Å². The summed E-state index contributed by atoms with van der Waals surface area (Å²) in [5.41, 5.74) is 2.75. The Morgan fingerprint density at radius 1 is 1.04 bits per heavy atom. The number of nitrogens with one attached hydrogen (secondary N) is 2. The second-order valence-corrected chi connectivity index (χ2v) is 6.12. The molecule has 0 spiro atoms. The Morgan fingerprint density at radius 2 is 1.68 bits per heavy atom. The summed E-state index contributed by atoms with van der Waals surface area (Å²) in [4.78, 5) is 25.3. The number of carbonyl (C=O) groups excluding carboxylic acids is 2. The van der Waals surface area contributed by atoms with Gasteiger partial charge in [0.05, 0.1) is 5.69 Å². The van der Waals surface area contributed by atoms with Gasteiger partial charge in [-0.2, -0.15) is 5.10 Å². The number of aryl methyl sites for hydroxylation is 1. The highest BCUT2D eigenvalue weighted by Gasteiger charge is 2.20. The first-order valence-corrected chi connectivity index (χ1v) is 9.05. The highest BCUT2D eigenvalue weighted by Crippen LogP contribution is 2.22. The highest BCUT2D eigenvalue weighted by molar-refractivity contribution is 6.29. The van der Waals surface area contributed by atoms with E-state index in [0.717, 1.165) is 11.1 Å². The van der Waals surface area contributed by atoms with Gasteiger partial charge in [0, 0.05) is 25.4 Å². The molecule has 2 N–H and O–H groups in total. The van der Waals surface area contributed by atoms with Gasteiger partial charge in [0.15, 0.2) is 5.69 Å². The van der Waals surface area contributed by atoms with E-state index in [1.54, 1.807) is 10.9 Å². The van der Waals surface area contributed by atoms with Crippen molar-refractivity contribution >= 4 is 29.2 Å². The van der Waals surface area contributed by atoms with Gasteiger partial charge in [-0.1, -0.05) is 60.7 Å². The molecule has 0 unspecified atom stereocenters. The molecule has 1 aromatic heterocycles. The summed E-state index contributed by atoms with van der Waals surface area (Å²) in [6, 6.07) is 19.0. The maximum atomic E-state index is 13.1. The Morgan fingerprint density at radius 3 is 2.29 bits per heavy atom. The van der Waals surface area contributed by atoms with Gasteiger partial charge in [-0.15, -0.1) is 0 Å². The first kappa shape index (κ1) is 19.1. The van der Waals surface area contributed by atoms with Crippen LogP contribution in [0.1, 0.15) is 28.5 Å². The zero-order valence-corrected chi connectivity index (χ0v) is 15.8. The third-order valence-electron chi connectivity index (χ3n) is 4.22. The van der Waals surface area contributed by atoms with Crippen LogP contribution in [0.4, 0.5) is 5.69 Å². The second-order valence-electron chi connectivity index (χ2n) is 6.12. The summed E-state index contributed by atoms with van der Waals surface area (Å²) in [6.45, 7) is 2.50. The van der Waals surface area contributed by atoms with Crippen molar-refractivity contribution in [2.75, 3.05) is 12.4 Å². The monoisotopic (exact) mass is 374 g/mol. The molecule has 3 rings (SSSR count). The van der Waals surface area contributed by atoms with Crippen LogP contribution in [-0.2, 0) is 11.3 Å². The van der Waals surface area contributed by atoms with E-state index in [2.05, 4.69) is 15.7 Å². The third-order valence-corrected chi connectivity index (χ3v) is 4.22. The lowest BCUT2D eigenvalue weighted by molar-refractivity contribution is -0.111. The van der Waals surface area contributed by atoms with Gasteiger partial charge in [0.25, 0.3) is 11.8 Å². The van der Waals surface area contributed by atoms with E-state index < -0.39 is 0 Å². The molecule has 0 aliphatic carbocycles. The predicted molar refractivity (Wildman–Crippen MR) is 111 cm³/mol. The van der Waals surface area contributed by atoms with Crippen LogP contribution < -0.4 is 10.6 Å². The third kappa shape index (κ3) is 4.35. The zero-order valence-electron chi connectivity index (χ0n) is 15.8. The number of hydrogen-bond acceptors (Lipinski definition) is 3. The van der Waals surface area contributed by atoms with E-state index in [1.807, 2.05) is 73.7 Å². The predicted octanol–water partition coefficient (Wildman–Crippen LogP) is 3.44. The summed E-state index contributed by atoms with van der Waals surface area (Å²) >= 11 is 0. The Hall–Kier alpha value is -3.67. The second kappa shape index (κ2) is 8.81. The molecule has 6 heteroatoms. The van der Waals surface area contributed by atoms with Gasteiger partial charge >= 0.3 is 0 Å². The van der Waals surface area contributed by atoms with Crippen molar-refractivity contribution in [1.29, 1.82) is 0 Å². The number of nitrogens with zero attached hydrogens (tertiary/aromatic N) is 2. The maximum Gasteiger partial charge on any atom is 0.273 e. The average Bonchev–Trinajstić information content (AvgIpc) is 3.15. The number of benzene rings is 2. The lowest BCUT2D eigenvalue weighted by Crippen LogP contribution is -2.22. The summed E-state index contributed by atoms with van der Waals surface area (Å²) in [5, 5.41) is 9.64. The molecule has 0 saturated heterocycles. The molecule has 0 fully saturated rings. The molecule has 0 saturated carbocycles. The fourth-order valence-corrected chi connectivity index (χ4v) is 2.76. The molecular formula is C22H22N4O2. The average molecular weight is 374 g/mol. The van der Waals surface area contributed by atoms with Crippen LogP contribution in [0.15, 0.2) is 66.9 Å². The largest absolute Gasteiger partial charge is 0.354 e. The number of aromatic nitrogens is 2. The summed E-state index contributed by atoms with van der Waals surface area (Å²) in [6.07, 6.45) is 3.49. The van der Waals surface area contributed by atoms with Crippen LogP contribution in [0.3, 0.4) is 0 Å². The number of hydrogen-bond donors (Lipinski definition) is 2. The quantitative estimate of drug-likeness (QED) is 0.513. The van der Waals surface area contributed by atoms with Crippen molar-refractivity contribution in [3.05, 3.63) is 83.7 Å². The first-order valence-electron chi connectivity index (χ1n) is 9.05. The van der Waals surface area contributed by atoms with Crippen LogP contribution in [-0.4, -0.2) is 28.6 Å². The Balaban J connectivity index is 1.98. The molecule has 6 nitrogen and oxygen atoms in total. The lowest BCUT2D eigenvalue weighted by Gasteiger charge is -2.09. The molecule has 0 aliphatic heterocycles. The molecule has 3 aromatic rings. The summed E-state index contributed by atoms with van der Waals surface area (Å²) in [7, 11) is 1.53. The topological polar surface area (TPSA) is 76.0 Å². The first-order chi connectivity index (χ1) is 13.6. The number of rotatable bonds is 6. The Kier molecular flexibility index (Phi) is 6.01. The van der Waals surface area contributed by atoms with Crippen molar-refractivity contribution in [3.63, 3.8) is 0 Å². The minimum absolute atomic E-state index is 0.185. The van der Waals surface area contributed by atoms with E-state index in [-0.39, 0.29) is 17.5 Å². The number of amides is 2. The number of anilines is 1. The van der Waals surface area contributed by atoms with Gasteiger partial charge in [-0.25, -0.2) is 0 Å². The van der Waals surface area contributed by atoms with Crippen LogP contribution in [0.5, 0.6) is 0 Å². The molecule has 2 aromatic carbocycles. The lowest BCUT2D eigenvalue weighted by atomic mass is 10.0. The van der Waals surface area contributed by atoms with Crippen molar-refractivity contribution in [2.24, 2.45) is 0 Å². The summed E-state index contributed by atoms with van der Waals surface area (Å²) < 4.78 is 1.61. The van der Waals surface area contributed by atoms with Crippen LogP contribution in [0.2, 0.25) is 0 Å². The van der Waals surface area contributed by atoms with Gasteiger partial charge in [-0.3, -0.25) is 14.3 Å². The van der Waals surface area contributed by atoms with Gasteiger partial charge in [0.1, 0.15) is 0 Å². The molecule has 142 valence electrons. The van der Waals surface area contributed by atoms with Crippen LogP contribution in [0, 0.1) is 0 Å². The molecule has 0 atom stereocenters. The van der Waals surface area contributed by atoms with Gasteiger partial charge < -0.3 is 10.6 Å². The van der Waals surface area contributed by atoms with E-state index >= 15 is 0 Å². The van der Waals surface area contributed by atoms with E-state index in [9.17, 15) is 9.59 Å². The van der Waals surface area contributed by atoms with Gasteiger partial charge in [0.2, 0.25) is 0 Å². The molecule has 0 bridgehead atoms. The summed E-state index contributed by atoms with van der Waals surface area (Å²) in [5.74, 6) is -0.661. The number of carbonyl (C=O) groups is 2. The molecule has 28 heavy (non-hydrogen) atoms. The zero-order chi connectivity index (χ0) is 19.9. The van der Waals surface area contributed by atoms with Crippen LogP contribution >= 0.6 is 0 Å². The molecule has 0 radical (unpaired) electrons.